The Morgan fingerprint density at radius 1 is 1.38 bits per heavy atom. The van der Waals surface area contributed by atoms with E-state index in [0.717, 1.165) is 19.5 Å². The molecule has 2 atom stereocenters. The van der Waals surface area contributed by atoms with Gasteiger partial charge in [-0.15, -0.1) is 5.10 Å². The monoisotopic (exact) mass is 374 g/mol. The van der Waals surface area contributed by atoms with E-state index >= 15 is 0 Å². The molecule has 0 bridgehead atoms. The topological polar surface area (TPSA) is 53.7 Å². The zero-order valence-electron chi connectivity index (χ0n) is 15.0. The van der Waals surface area contributed by atoms with Crippen LogP contribution < -0.4 is 0 Å². The molecule has 26 heavy (non-hydrogen) atoms. The van der Waals surface area contributed by atoms with Crippen molar-refractivity contribution in [1.29, 1.82) is 0 Å². The van der Waals surface area contributed by atoms with E-state index in [0.29, 0.717) is 33.6 Å². The van der Waals surface area contributed by atoms with Crippen molar-refractivity contribution in [3.63, 3.8) is 0 Å². The molecular weight excluding hydrogens is 351 g/mol. The standard InChI is InChI=1S/C19H23FN4OS/c1-3-15-21-19-24(22-15)18(25)17(26-19)16(13-8-4-5-9-14(13)20)23-10-6-7-12(2)11-23/h4-5,8-9,12,16,25H,3,6-7,10-11H2,1-2H3/t12-,16+/m1/s1. The van der Waals surface area contributed by atoms with Crippen LogP contribution in [0.15, 0.2) is 24.3 Å². The van der Waals surface area contributed by atoms with E-state index in [9.17, 15) is 9.50 Å². The Morgan fingerprint density at radius 3 is 2.88 bits per heavy atom. The number of nitrogens with zero attached hydrogens (tertiary/aromatic N) is 4. The van der Waals surface area contributed by atoms with Gasteiger partial charge in [0, 0.05) is 18.5 Å². The highest BCUT2D eigenvalue weighted by molar-refractivity contribution is 7.17. The van der Waals surface area contributed by atoms with Crippen molar-refractivity contribution in [1.82, 2.24) is 19.5 Å². The SMILES string of the molecule is CCc1nc2sc([C@H](c3ccccc3F)N3CCC[C@@H](C)C3)c(O)n2n1. The molecule has 1 saturated heterocycles. The first-order chi connectivity index (χ1) is 12.6. The Labute approximate surface area is 156 Å². The van der Waals surface area contributed by atoms with Crippen LogP contribution in [-0.2, 0) is 6.42 Å². The minimum Gasteiger partial charge on any atom is -0.492 e. The van der Waals surface area contributed by atoms with Gasteiger partial charge in [0.05, 0.1) is 10.9 Å². The molecule has 1 aliphatic rings. The van der Waals surface area contributed by atoms with Crippen molar-refractivity contribution >= 4 is 16.3 Å². The molecule has 3 aromatic rings. The first kappa shape index (κ1) is 17.4. The molecule has 2 aromatic heterocycles. The molecule has 1 fully saturated rings. The van der Waals surface area contributed by atoms with Gasteiger partial charge in [-0.2, -0.15) is 4.52 Å². The van der Waals surface area contributed by atoms with Gasteiger partial charge in [0.2, 0.25) is 10.8 Å². The van der Waals surface area contributed by atoms with Gasteiger partial charge in [0.15, 0.2) is 5.82 Å². The van der Waals surface area contributed by atoms with E-state index in [-0.39, 0.29) is 17.7 Å². The Balaban J connectivity index is 1.84. The molecule has 3 heterocycles. The summed E-state index contributed by atoms with van der Waals surface area (Å²) >= 11 is 1.40. The van der Waals surface area contributed by atoms with E-state index in [1.54, 1.807) is 6.07 Å². The number of hydrogen-bond acceptors (Lipinski definition) is 5. The molecular formula is C19H23FN4OS. The summed E-state index contributed by atoms with van der Waals surface area (Å²) in [6.07, 6.45) is 2.97. The van der Waals surface area contributed by atoms with E-state index in [2.05, 4.69) is 21.9 Å². The van der Waals surface area contributed by atoms with Crippen LogP contribution in [0.5, 0.6) is 5.88 Å². The van der Waals surface area contributed by atoms with Gasteiger partial charge in [-0.25, -0.2) is 9.37 Å². The summed E-state index contributed by atoms with van der Waals surface area (Å²) in [6.45, 7) is 5.97. The fourth-order valence-electron chi connectivity index (χ4n) is 3.78. The summed E-state index contributed by atoms with van der Waals surface area (Å²) in [6, 6.07) is 6.52. The zero-order valence-corrected chi connectivity index (χ0v) is 15.8. The molecule has 1 N–H and O–H groups in total. The molecule has 0 saturated carbocycles. The van der Waals surface area contributed by atoms with Crippen molar-refractivity contribution in [2.24, 2.45) is 5.92 Å². The number of thiazole rings is 1. The number of aryl methyl sites for hydroxylation is 1. The second kappa shape index (κ2) is 6.96. The van der Waals surface area contributed by atoms with Crippen LogP contribution in [-0.4, -0.2) is 37.7 Å². The number of benzene rings is 1. The second-order valence-corrected chi connectivity index (χ2v) is 8.04. The van der Waals surface area contributed by atoms with Gasteiger partial charge in [0.25, 0.3) is 0 Å². The van der Waals surface area contributed by atoms with Crippen LogP contribution in [0, 0.1) is 11.7 Å². The number of fused-ring (bicyclic) bond motifs is 1. The molecule has 0 aliphatic carbocycles. The average molecular weight is 374 g/mol. The van der Waals surface area contributed by atoms with Gasteiger partial charge in [0.1, 0.15) is 5.82 Å². The van der Waals surface area contributed by atoms with Crippen LogP contribution in [0.2, 0.25) is 0 Å². The summed E-state index contributed by atoms with van der Waals surface area (Å²) < 4.78 is 16.2. The summed E-state index contributed by atoms with van der Waals surface area (Å²) in [5.74, 6) is 1.08. The van der Waals surface area contributed by atoms with Crippen molar-refractivity contribution < 1.29 is 9.50 Å². The van der Waals surface area contributed by atoms with E-state index in [1.807, 2.05) is 19.1 Å². The van der Waals surface area contributed by atoms with Crippen molar-refractivity contribution in [3.05, 3.63) is 46.3 Å². The number of aromatic hydroxyl groups is 1. The highest BCUT2D eigenvalue weighted by Gasteiger charge is 2.33. The fraction of sp³-hybridized carbons (Fsp3) is 0.474. The lowest BCUT2D eigenvalue weighted by Crippen LogP contribution is -2.38. The summed E-state index contributed by atoms with van der Waals surface area (Å²) in [5, 5.41) is 15.2. The Bertz CT molecular complexity index is 922. The number of aromatic nitrogens is 3. The van der Waals surface area contributed by atoms with Crippen molar-refractivity contribution in [2.75, 3.05) is 13.1 Å². The lowest BCUT2D eigenvalue weighted by Gasteiger charge is -2.37. The van der Waals surface area contributed by atoms with Gasteiger partial charge in [-0.3, -0.25) is 4.90 Å². The van der Waals surface area contributed by atoms with Crippen molar-refractivity contribution in [3.8, 4) is 5.88 Å². The molecule has 5 nitrogen and oxygen atoms in total. The number of hydrogen-bond donors (Lipinski definition) is 1. The van der Waals surface area contributed by atoms with E-state index in [1.165, 1.54) is 28.3 Å². The summed E-state index contributed by atoms with van der Waals surface area (Å²) in [7, 11) is 0. The molecule has 0 unspecified atom stereocenters. The molecule has 1 aromatic carbocycles. The maximum atomic E-state index is 14.7. The lowest BCUT2D eigenvalue weighted by molar-refractivity contribution is 0.147. The van der Waals surface area contributed by atoms with Crippen LogP contribution in [0.3, 0.4) is 0 Å². The highest BCUT2D eigenvalue weighted by atomic mass is 32.1. The normalized spacial score (nSPS) is 19.9. The van der Waals surface area contributed by atoms with Gasteiger partial charge < -0.3 is 5.11 Å². The Hall–Kier alpha value is -1.99. The third-order valence-electron chi connectivity index (χ3n) is 5.06. The average Bonchev–Trinajstić information content (AvgIpc) is 3.17. The smallest absolute Gasteiger partial charge is 0.230 e. The van der Waals surface area contributed by atoms with Crippen molar-refractivity contribution in [2.45, 2.75) is 39.2 Å². The van der Waals surface area contributed by atoms with E-state index < -0.39 is 0 Å². The lowest BCUT2D eigenvalue weighted by atomic mass is 9.95. The Kier molecular flexibility index (Phi) is 4.67. The highest BCUT2D eigenvalue weighted by Crippen LogP contribution is 2.42. The maximum absolute atomic E-state index is 14.7. The number of piperidine rings is 1. The van der Waals surface area contributed by atoms with Crippen LogP contribution in [0.25, 0.3) is 4.96 Å². The molecule has 138 valence electrons. The molecule has 4 rings (SSSR count). The predicted molar refractivity (Wildman–Crippen MR) is 100 cm³/mol. The molecule has 0 amide bonds. The minimum atomic E-state index is -0.322. The second-order valence-electron chi connectivity index (χ2n) is 7.03. The third-order valence-corrected chi connectivity index (χ3v) is 6.13. The quantitative estimate of drug-likeness (QED) is 0.749. The number of halogens is 1. The zero-order chi connectivity index (χ0) is 18.3. The van der Waals surface area contributed by atoms with Gasteiger partial charge in [-0.1, -0.05) is 43.4 Å². The molecule has 0 radical (unpaired) electrons. The van der Waals surface area contributed by atoms with Gasteiger partial charge >= 0.3 is 0 Å². The minimum absolute atomic E-state index is 0.0729. The number of rotatable bonds is 4. The van der Waals surface area contributed by atoms with Crippen LogP contribution >= 0.6 is 11.3 Å². The maximum Gasteiger partial charge on any atom is 0.230 e. The predicted octanol–water partition coefficient (Wildman–Crippen LogP) is 4.02. The van der Waals surface area contributed by atoms with Crippen LogP contribution in [0.1, 0.15) is 49.0 Å². The number of likely N-dealkylation sites (tertiary alicyclic amines) is 1. The largest absolute Gasteiger partial charge is 0.492 e. The van der Waals surface area contributed by atoms with E-state index in [4.69, 9.17) is 0 Å². The molecule has 1 aliphatic heterocycles. The fourth-order valence-corrected chi connectivity index (χ4v) is 4.91. The summed E-state index contributed by atoms with van der Waals surface area (Å²) in [5.41, 5.74) is 0.595. The molecule has 7 heteroatoms. The summed E-state index contributed by atoms with van der Waals surface area (Å²) in [4.78, 5) is 8.11. The molecule has 0 spiro atoms. The first-order valence-corrected chi connectivity index (χ1v) is 9.96. The third kappa shape index (κ3) is 2.99. The first-order valence-electron chi connectivity index (χ1n) is 9.14. The Morgan fingerprint density at radius 2 is 2.19 bits per heavy atom. The van der Waals surface area contributed by atoms with Gasteiger partial charge in [-0.05, 0) is 31.4 Å². The van der Waals surface area contributed by atoms with Crippen LogP contribution in [0.4, 0.5) is 4.39 Å².